The van der Waals surface area contributed by atoms with E-state index in [1.165, 1.54) is 0 Å². The Bertz CT molecular complexity index is 318. The van der Waals surface area contributed by atoms with Crippen LogP contribution in [0.1, 0.15) is 5.76 Å². The number of hydrogen-bond acceptors (Lipinski definition) is 3. The molecule has 1 fully saturated rings. The van der Waals surface area contributed by atoms with Crippen LogP contribution in [0.3, 0.4) is 0 Å². The van der Waals surface area contributed by atoms with Gasteiger partial charge in [0, 0.05) is 26.1 Å². The third kappa shape index (κ3) is 3.00. The summed E-state index contributed by atoms with van der Waals surface area (Å²) in [7, 11) is 0. The Morgan fingerprint density at radius 2 is 2.25 bits per heavy atom. The van der Waals surface area contributed by atoms with Crippen LogP contribution in [-0.2, 0) is 11.2 Å². The summed E-state index contributed by atoms with van der Waals surface area (Å²) in [6, 6.07) is 3.73. The summed E-state index contributed by atoms with van der Waals surface area (Å²) in [5.74, 6) is 0.891. The zero-order chi connectivity index (χ0) is 11.2. The number of ether oxygens (including phenoxy) is 1. The van der Waals surface area contributed by atoms with Crippen LogP contribution in [-0.4, -0.2) is 43.8 Å². The number of urea groups is 1. The number of furan rings is 1. The molecule has 0 atom stereocenters. The van der Waals surface area contributed by atoms with Gasteiger partial charge in [-0.1, -0.05) is 0 Å². The predicted molar refractivity (Wildman–Crippen MR) is 58.2 cm³/mol. The first kappa shape index (κ1) is 11.0. The van der Waals surface area contributed by atoms with Crippen LogP contribution >= 0.6 is 0 Å². The third-order valence-electron chi connectivity index (χ3n) is 2.53. The van der Waals surface area contributed by atoms with E-state index < -0.39 is 0 Å². The molecule has 1 aromatic rings. The van der Waals surface area contributed by atoms with E-state index in [0.29, 0.717) is 32.8 Å². The number of nitrogens with one attached hydrogen (secondary N) is 1. The van der Waals surface area contributed by atoms with Crippen molar-refractivity contribution in [1.82, 2.24) is 10.2 Å². The van der Waals surface area contributed by atoms with Crippen molar-refractivity contribution in [3.63, 3.8) is 0 Å². The lowest BCUT2D eigenvalue weighted by Crippen LogP contribution is -2.46. The fourth-order valence-electron chi connectivity index (χ4n) is 1.63. The van der Waals surface area contributed by atoms with Crippen molar-refractivity contribution in [3.05, 3.63) is 24.2 Å². The molecule has 0 spiro atoms. The van der Waals surface area contributed by atoms with Crippen LogP contribution in [0.2, 0.25) is 0 Å². The van der Waals surface area contributed by atoms with Crippen molar-refractivity contribution in [2.24, 2.45) is 0 Å². The second-order valence-corrected chi connectivity index (χ2v) is 3.66. The number of rotatable bonds is 3. The Labute approximate surface area is 94.4 Å². The molecule has 16 heavy (non-hydrogen) atoms. The molecule has 1 saturated heterocycles. The topological polar surface area (TPSA) is 54.7 Å². The maximum Gasteiger partial charge on any atom is 0.317 e. The molecule has 2 heterocycles. The van der Waals surface area contributed by atoms with Gasteiger partial charge in [0.05, 0.1) is 19.5 Å². The molecular weight excluding hydrogens is 208 g/mol. The highest BCUT2D eigenvalue weighted by atomic mass is 16.5. The number of amides is 2. The fourth-order valence-corrected chi connectivity index (χ4v) is 1.63. The van der Waals surface area contributed by atoms with Gasteiger partial charge < -0.3 is 19.4 Å². The molecule has 0 saturated carbocycles. The van der Waals surface area contributed by atoms with Gasteiger partial charge in [-0.25, -0.2) is 4.79 Å². The summed E-state index contributed by atoms with van der Waals surface area (Å²) >= 11 is 0. The lowest BCUT2D eigenvalue weighted by molar-refractivity contribution is 0.0532. The third-order valence-corrected chi connectivity index (χ3v) is 2.53. The minimum atomic E-state index is -0.0187. The van der Waals surface area contributed by atoms with E-state index in [-0.39, 0.29) is 6.03 Å². The summed E-state index contributed by atoms with van der Waals surface area (Å²) in [6.45, 7) is 3.21. The molecule has 0 radical (unpaired) electrons. The van der Waals surface area contributed by atoms with Gasteiger partial charge in [0.25, 0.3) is 0 Å². The van der Waals surface area contributed by atoms with Crippen LogP contribution in [0.25, 0.3) is 0 Å². The lowest BCUT2D eigenvalue weighted by Gasteiger charge is -2.26. The second kappa shape index (κ2) is 5.55. The molecule has 1 aliphatic heterocycles. The van der Waals surface area contributed by atoms with Gasteiger partial charge in [0.1, 0.15) is 5.76 Å². The average Bonchev–Trinajstić information content (AvgIpc) is 2.83. The Balaban J connectivity index is 1.67. The van der Waals surface area contributed by atoms with Gasteiger partial charge in [-0.3, -0.25) is 0 Å². The summed E-state index contributed by atoms with van der Waals surface area (Å²) < 4.78 is 10.4. The van der Waals surface area contributed by atoms with Crippen molar-refractivity contribution in [3.8, 4) is 0 Å². The molecule has 5 heteroatoms. The van der Waals surface area contributed by atoms with Crippen LogP contribution in [0, 0.1) is 0 Å². The number of carbonyl (C=O) groups is 1. The minimum absolute atomic E-state index is 0.0187. The first-order chi connectivity index (χ1) is 7.86. The number of nitrogens with zero attached hydrogens (tertiary/aromatic N) is 1. The zero-order valence-electron chi connectivity index (χ0n) is 9.15. The van der Waals surface area contributed by atoms with E-state index in [4.69, 9.17) is 9.15 Å². The highest BCUT2D eigenvalue weighted by Crippen LogP contribution is 2.00. The molecule has 0 aliphatic carbocycles. The smallest absolute Gasteiger partial charge is 0.317 e. The van der Waals surface area contributed by atoms with Crippen molar-refractivity contribution in [2.75, 3.05) is 32.8 Å². The van der Waals surface area contributed by atoms with Gasteiger partial charge in [-0.15, -0.1) is 0 Å². The van der Waals surface area contributed by atoms with Gasteiger partial charge in [-0.05, 0) is 12.1 Å². The minimum Gasteiger partial charge on any atom is -0.469 e. The molecule has 2 amide bonds. The standard InChI is InChI=1S/C11H16N2O3/c14-11(13-5-8-15-9-6-13)12-4-3-10-2-1-7-16-10/h1-2,7H,3-6,8-9H2,(H,12,14). The molecule has 88 valence electrons. The van der Waals surface area contributed by atoms with Crippen molar-refractivity contribution in [1.29, 1.82) is 0 Å². The molecule has 0 unspecified atom stereocenters. The van der Waals surface area contributed by atoms with Crippen LogP contribution in [0.4, 0.5) is 4.79 Å². The van der Waals surface area contributed by atoms with E-state index in [9.17, 15) is 4.79 Å². The number of carbonyl (C=O) groups excluding carboxylic acids is 1. The van der Waals surface area contributed by atoms with Crippen molar-refractivity contribution < 1.29 is 13.9 Å². The Hall–Kier alpha value is -1.49. The van der Waals surface area contributed by atoms with E-state index in [1.807, 2.05) is 12.1 Å². The summed E-state index contributed by atoms with van der Waals surface area (Å²) in [6.07, 6.45) is 2.36. The lowest BCUT2D eigenvalue weighted by atomic mass is 10.3. The average molecular weight is 224 g/mol. The summed E-state index contributed by atoms with van der Waals surface area (Å²) in [5.41, 5.74) is 0. The quantitative estimate of drug-likeness (QED) is 0.828. The van der Waals surface area contributed by atoms with Crippen LogP contribution in [0.5, 0.6) is 0 Å². The van der Waals surface area contributed by atoms with Gasteiger partial charge in [-0.2, -0.15) is 0 Å². The van der Waals surface area contributed by atoms with E-state index in [2.05, 4.69) is 5.32 Å². The maximum atomic E-state index is 11.7. The first-order valence-electron chi connectivity index (χ1n) is 5.49. The van der Waals surface area contributed by atoms with E-state index >= 15 is 0 Å². The molecule has 1 N–H and O–H groups in total. The molecule has 2 rings (SSSR count). The fraction of sp³-hybridized carbons (Fsp3) is 0.545. The highest BCUT2D eigenvalue weighted by Gasteiger charge is 2.15. The Morgan fingerprint density at radius 1 is 1.44 bits per heavy atom. The van der Waals surface area contributed by atoms with E-state index in [1.54, 1.807) is 11.2 Å². The monoisotopic (exact) mass is 224 g/mol. The van der Waals surface area contributed by atoms with Crippen molar-refractivity contribution in [2.45, 2.75) is 6.42 Å². The number of hydrogen-bond donors (Lipinski definition) is 1. The SMILES string of the molecule is O=C(NCCc1ccco1)N1CCOCC1. The van der Waals surface area contributed by atoms with Gasteiger partial charge >= 0.3 is 6.03 Å². The molecule has 1 aliphatic rings. The largest absolute Gasteiger partial charge is 0.469 e. The normalized spacial score (nSPS) is 16.1. The summed E-state index contributed by atoms with van der Waals surface area (Å²) in [4.78, 5) is 13.4. The first-order valence-corrected chi connectivity index (χ1v) is 5.49. The van der Waals surface area contributed by atoms with Gasteiger partial charge in [0.2, 0.25) is 0 Å². The maximum absolute atomic E-state index is 11.7. The zero-order valence-corrected chi connectivity index (χ0v) is 9.15. The Kier molecular flexibility index (Phi) is 3.82. The second-order valence-electron chi connectivity index (χ2n) is 3.66. The molecule has 0 bridgehead atoms. The summed E-state index contributed by atoms with van der Waals surface area (Å²) in [5, 5.41) is 2.86. The molecular formula is C11H16N2O3. The van der Waals surface area contributed by atoms with E-state index in [0.717, 1.165) is 12.2 Å². The number of morpholine rings is 1. The Morgan fingerprint density at radius 3 is 2.94 bits per heavy atom. The van der Waals surface area contributed by atoms with Crippen molar-refractivity contribution >= 4 is 6.03 Å². The van der Waals surface area contributed by atoms with Crippen LogP contribution in [0.15, 0.2) is 22.8 Å². The highest BCUT2D eigenvalue weighted by molar-refractivity contribution is 5.74. The molecule has 5 nitrogen and oxygen atoms in total. The predicted octanol–water partition coefficient (Wildman–Crippen LogP) is 0.864. The van der Waals surface area contributed by atoms with Gasteiger partial charge in [0.15, 0.2) is 0 Å². The van der Waals surface area contributed by atoms with Crippen LogP contribution < -0.4 is 5.32 Å². The molecule has 0 aromatic carbocycles. The molecule has 1 aromatic heterocycles.